The Hall–Kier alpha value is -1.13. The van der Waals surface area contributed by atoms with Crippen molar-refractivity contribution in [1.82, 2.24) is 4.98 Å². The van der Waals surface area contributed by atoms with Gasteiger partial charge in [0.05, 0.1) is 26.0 Å². The third-order valence-corrected chi connectivity index (χ3v) is 1.74. The van der Waals surface area contributed by atoms with Crippen molar-refractivity contribution in [3.63, 3.8) is 0 Å². The largest absolute Gasteiger partial charge is 0.495 e. The maximum atomic E-state index is 5.81. The Bertz CT molecular complexity index is 266. The summed E-state index contributed by atoms with van der Waals surface area (Å²) in [4.78, 5) is 4.00. The first-order valence-electron chi connectivity index (χ1n) is 4.01. The Balaban J connectivity index is 2.75. The number of aromatic nitrogens is 1. The summed E-state index contributed by atoms with van der Waals surface area (Å²) >= 11 is 0. The lowest BCUT2D eigenvalue weighted by Crippen LogP contribution is -2.16. The lowest BCUT2D eigenvalue weighted by atomic mass is 10.1. The first-order chi connectivity index (χ1) is 6.27. The van der Waals surface area contributed by atoms with Gasteiger partial charge in [0.2, 0.25) is 0 Å². The molecule has 0 spiro atoms. The van der Waals surface area contributed by atoms with E-state index in [-0.39, 0.29) is 6.04 Å². The van der Waals surface area contributed by atoms with Crippen molar-refractivity contribution in [3.05, 3.63) is 24.0 Å². The molecule has 0 aromatic carbocycles. The zero-order valence-corrected chi connectivity index (χ0v) is 7.86. The molecule has 4 heteroatoms. The molecule has 13 heavy (non-hydrogen) atoms. The third-order valence-electron chi connectivity index (χ3n) is 1.74. The second kappa shape index (κ2) is 4.79. The fourth-order valence-electron chi connectivity index (χ4n) is 1.03. The van der Waals surface area contributed by atoms with E-state index in [9.17, 15) is 0 Å². The number of ether oxygens (including phenoxy) is 2. The van der Waals surface area contributed by atoms with Crippen LogP contribution in [-0.2, 0) is 4.74 Å². The first kappa shape index (κ1) is 9.95. The van der Waals surface area contributed by atoms with Gasteiger partial charge in [-0.05, 0) is 11.6 Å². The normalized spacial score (nSPS) is 12.5. The zero-order chi connectivity index (χ0) is 9.68. The Kier molecular flexibility index (Phi) is 3.67. The minimum Gasteiger partial charge on any atom is -0.495 e. The van der Waals surface area contributed by atoms with E-state index in [0.717, 1.165) is 5.56 Å². The number of methoxy groups -OCH3 is 2. The van der Waals surface area contributed by atoms with Crippen LogP contribution < -0.4 is 10.5 Å². The molecule has 0 aliphatic carbocycles. The molecule has 72 valence electrons. The van der Waals surface area contributed by atoms with Crippen LogP contribution in [0.2, 0.25) is 0 Å². The van der Waals surface area contributed by atoms with Crippen molar-refractivity contribution >= 4 is 0 Å². The van der Waals surface area contributed by atoms with E-state index in [4.69, 9.17) is 15.2 Å². The minimum absolute atomic E-state index is 0.146. The molecule has 1 aromatic heterocycles. The summed E-state index contributed by atoms with van der Waals surface area (Å²) < 4.78 is 9.96. The predicted molar refractivity (Wildman–Crippen MR) is 49.6 cm³/mol. The van der Waals surface area contributed by atoms with Gasteiger partial charge >= 0.3 is 0 Å². The van der Waals surface area contributed by atoms with Crippen LogP contribution >= 0.6 is 0 Å². The molecule has 0 fully saturated rings. The van der Waals surface area contributed by atoms with Gasteiger partial charge < -0.3 is 15.2 Å². The molecule has 0 radical (unpaired) electrons. The summed E-state index contributed by atoms with van der Waals surface area (Å²) in [6.07, 6.45) is 3.36. The Morgan fingerprint density at radius 2 is 2.23 bits per heavy atom. The molecule has 0 bridgehead atoms. The summed E-state index contributed by atoms with van der Waals surface area (Å²) in [5, 5.41) is 0. The van der Waals surface area contributed by atoms with Crippen molar-refractivity contribution < 1.29 is 9.47 Å². The highest BCUT2D eigenvalue weighted by Gasteiger charge is 2.06. The fraction of sp³-hybridized carbons (Fsp3) is 0.444. The van der Waals surface area contributed by atoms with Crippen LogP contribution in [0.5, 0.6) is 5.75 Å². The fourth-order valence-corrected chi connectivity index (χ4v) is 1.03. The molecule has 0 amide bonds. The summed E-state index contributed by atoms with van der Waals surface area (Å²) in [5.74, 6) is 0.712. The van der Waals surface area contributed by atoms with Gasteiger partial charge in [0.25, 0.3) is 0 Å². The van der Waals surface area contributed by atoms with E-state index < -0.39 is 0 Å². The molecule has 1 unspecified atom stereocenters. The first-order valence-corrected chi connectivity index (χ1v) is 4.01. The Labute approximate surface area is 77.7 Å². The maximum absolute atomic E-state index is 5.81. The van der Waals surface area contributed by atoms with Crippen LogP contribution in [0.4, 0.5) is 0 Å². The van der Waals surface area contributed by atoms with E-state index in [1.165, 1.54) is 0 Å². The van der Waals surface area contributed by atoms with Gasteiger partial charge in [0.1, 0.15) is 5.75 Å². The molecule has 4 nitrogen and oxygen atoms in total. The van der Waals surface area contributed by atoms with Crippen LogP contribution in [0.3, 0.4) is 0 Å². The summed E-state index contributed by atoms with van der Waals surface area (Å²) in [7, 11) is 3.22. The number of hydrogen-bond acceptors (Lipinski definition) is 4. The lowest BCUT2D eigenvalue weighted by Gasteiger charge is -2.10. The summed E-state index contributed by atoms with van der Waals surface area (Å²) in [6, 6.07) is 1.71. The monoisotopic (exact) mass is 182 g/mol. The van der Waals surface area contributed by atoms with Crippen LogP contribution in [0.25, 0.3) is 0 Å². The van der Waals surface area contributed by atoms with Crippen molar-refractivity contribution in [2.24, 2.45) is 5.73 Å². The van der Waals surface area contributed by atoms with Gasteiger partial charge in [-0.2, -0.15) is 0 Å². The highest BCUT2D eigenvalue weighted by Crippen LogP contribution is 2.15. The van der Waals surface area contributed by atoms with Crippen LogP contribution in [0.15, 0.2) is 18.5 Å². The molecule has 2 N–H and O–H groups in total. The molecule has 0 aliphatic heterocycles. The van der Waals surface area contributed by atoms with Gasteiger partial charge in [-0.1, -0.05) is 0 Å². The van der Waals surface area contributed by atoms with Gasteiger partial charge in [-0.25, -0.2) is 0 Å². The van der Waals surface area contributed by atoms with Crippen molar-refractivity contribution in [3.8, 4) is 5.75 Å². The highest BCUT2D eigenvalue weighted by atomic mass is 16.5. The van der Waals surface area contributed by atoms with E-state index in [0.29, 0.717) is 12.4 Å². The molecule has 0 saturated carbocycles. The van der Waals surface area contributed by atoms with Crippen LogP contribution in [-0.4, -0.2) is 25.8 Å². The summed E-state index contributed by atoms with van der Waals surface area (Å²) in [6.45, 7) is 0.481. The zero-order valence-electron chi connectivity index (χ0n) is 7.86. The SMILES string of the molecule is COCC(N)c1cncc(OC)c1. The van der Waals surface area contributed by atoms with Crippen molar-refractivity contribution in [2.75, 3.05) is 20.8 Å². The molecule has 1 aromatic rings. The molecule has 1 atom stereocenters. The Morgan fingerprint density at radius 3 is 2.85 bits per heavy atom. The number of hydrogen-bond donors (Lipinski definition) is 1. The molecular weight excluding hydrogens is 168 g/mol. The number of pyridine rings is 1. The molecule has 1 heterocycles. The second-order valence-electron chi connectivity index (χ2n) is 2.72. The number of nitrogens with two attached hydrogens (primary N) is 1. The van der Waals surface area contributed by atoms with Crippen molar-refractivity contribution in [2.45, 2.75) is 6.04 Å². The molecule has 0 saturated heterocycles. The van der Waals surface area contributed by atoms with Crippen LogP contribution in [0, 0.1) is 0 Å². The van der Waals surface area contributed by atoms with Crippen molar-refractivity contribution in [1.29, 1.82) is 0 Å². The second-order valence-corrected chi connectivity index (χ2v) is 2.72. The smallest absolute Gasteiger partial charge is 0.137 e. The summed E-state index contributed by atoms with van der Waals surface area (Å²) in [5.41, 5.74) is 6.73. The highest BCUT2D eigenvalue weighted by molar-refractivity contribution is 5.25. The average Bonchev–Trinajstić information content (AvgIpc) is 2.18. The third kappa shape index (κ3) is 2.68. The van der Waals surface area contributed by atoms with Gasteiger partial charge in [0, 0.05) is 13.3 Å². The topological polar surface area (TPSA) is 57.4 Å². The van der Waals surface area contributed by atoms with Gasteiger partial charge in [0.15, 0.2) is 0 Å². The van der Waals surface area contributed by atoms with Crippen LogP contribution in [0.1, 0.15) is 11.6 Å². The predicted octanol–water partition coefficient (Wildman–Crippen LogP) is 0.736. The molecular formula is C9H14N2O2. The maximum Gasteiger partial charge on any atom is 0.137 e. The van der Waals surface area contributed by atoms with E-state index in [1.807, 2.05) is 6.07 Å². The Morgan fingerprint density at radius 1 is 1.46 bits per heavy atom. The van der Waals surface area contributed by atoms with E-state index >= 15 is 0 Å². The standard InChI is InChI=1S/C9H14N2O2/c1-12-6-9(10)7-3-8(13-2)5-11-4-7/h3-5,9H,6,10H2,1-2H3. The lowest BCUT2D eigenvalue weighted by molar-refractivity contribution is 0.180. The average molecular weight is 182 g/mol. The number of rotatable bonds is 4. The van der Waals surface area contributed by atoms with E-state index in [2.05, 4.69) is 4.98 Å². The quantitative estimate of drug-likeness (QED) is 0.746. The molecule has 1 rings (SSSR count). The number of nitrogens with zero attached hydrogens (tertiary/aromatic N) is 1. The van der Waals surface area contributed by atoms with Gasteiger partial charge in [-0.3, -0.25) is 4.98 Å². The van der Waals surface area contributed by atoms with E-state index in [1.54, 1.807) is 26.6 Å². The van der Waals surface area contributed by atoms with Gasteiger partial charge in [-0.15, -0.1) is 0 Å². The minimum atomic E-state index is -0.146. The molecule has 0 aliphatic rings.